The number of aryl methyl sites for hydroxylation is 1. The van der Waals surface area contributed by atoms with Gasteiger partial charge in [-0.2, -0.15) is 0 Å². The molecule has 0 aromatic heterocycles. The normalized spacial score (nSPS) is 10.4. The van der Waals surface area contributed by atoms with Gasteiger partial charge in [-0.05, 0) is 35.7 Å². The van der Waals surface area contributed by atoms with Crippen LogP contribution in [0.2, 0.25) is 5.02 Å². The number of hydrogen-bond acceptors (Lipinski definition) is 0. The number of halogens is 2. The fraction of sp³-hybridized carbons (Fsp3) is 0.143. The molecule has 0 aliphatic heterocycles. The second kappa shape index (κ2) is 4.90. The third-order valence-corrected chi connectivity index (χ3v) is 3.26. The van der Waals surface area contributed by atoms with Gasteiger partial charge in [-0.1, -0.05) is 41.9 Å². The van der Waals surface area contributed by atoms with Gasteiger partial charge in [0.25, 0.3) is 0 Å². The van der Waals surface area contributed by atoms with Crippen molar-refractivity contribution in [1.82, 2.24) is 0 Å². The molecule has 0 fully saturated rings. The molecular formula is C14H12Cl2. The van der Waals surface area contributed by atoms with Crippen LogP contribution >= 0.6 is 23.2 Å². The first-order chi connectivity index (χ1) is 7.72. The van der Waals surface area contributed by atoms with E-state index in [1.807, 2.05) is 30.3 Å². The zero-order valence-corrected chi connectivity index (χ0v) is 10.5. The number of hydrogen-bond donors (Lipinski definition) is 0. The van der Waals surface area contributed by atoms with Crippen molar-refractivity contribution in [2.45, 2.75) is 12.8 Å². The van der Waals surface area contributed by atoms with Crippen molar-refractivity contribution >= 4 is 23.2 Å². The van der Waals surface area contributed by atoms with E-state index in [0.29, 0.717) is 5.88 Å². The second-order valence-corrected chi connectivity index (χ2v) is 4.44. The van der Waals surface area contributed by atoms with Crippen LogP contribution in [-0.2, 0) is 5.88 Å². The van der Waals surface area contributed by atoms with Crippen molar-refractivity contribution in [3.8, 4) is 11.1 Å². The van der Waals surface area contributed by atoms with Gasteiger partial charge in [0.05, 0.1) is 0 Å². The summed E-state index contributed by atoms with van der Waals surface area (Å²) in [5.74, 6) is 0.526. The summed E-state index contributed by atoms with van der Waals surface area (Å²) in [7, 11) is 0. The molecule has 0 N–H and O–H groups in total. The number of rotatable bonds is 2. The Morgan fingerprint density at radius 1 is 1.00 bits per heavy atom. The first-order valence-electron chi connectivity index (χ1n) is 5.13. The molecule has 0 bridgehead atoms. The largest absolute Gasteiger partial charge is 0.122 e. The minimum absolute atomic E-state index is 0.526. The maximum absolute atomic E-state index is 6.19. The highest BCUT2D eigenvalue weighted by molar-refractivity contribution is 6.33. The van der Waals surface area contributed by atoms with Gasteiger partial charge in [-0.25, -0.2) is 0 Å². The molecule has 0 radical (unpaired) electrons. The topological polar surface area (TPSA) is 0 Å². The predicted octanol–water partition coefficient (Wildman–Crippen LogP) is 5.05. The lowest BCUT2D eigenvalue weighted by Gasteiger charge is -2.09. The molecule has 2 rings (SSSR count). The molecule has 2 aromatic carbocycles. The summed E-state index contributed by atoms with van der Waals surface area (Å²) in [5, 5.41) is 0.775. The van der Waals surface area contributed by atoms with Gasteiger partial charge in [-0.3, -0.25) is 0 Å². The zero-order valence-electron chi connectivity index (χ0n) is 9.00. The highest BCUT2D eigenvalue weighted by atomic mass is 35.5. The van der Waals surface area contributed by atoms with E-state index in [1.165, 1.54) is 5.56 Å². The van der Waals surface area contributed by atoms with Crippen LogP contribution in [0.25, 0.3) is 11.1 Å². The SMILES string of the molecule is Cc1ccc(CCl)cc1-c1ccccc1Cl. The summed E-state index contributed by atoms with van der Waals surface area (Å²) < 4.78 is 0. The van der Waals surface area contributed by atoms with Crippen LogP contribution in [0.1, 0.15) is 11.1 Å². The molecular weight excluding hydrogens is 239 g/mol. The van der Waals surface area contributed by atoms with E-state index in [4.69, 9.17) is 23.2 Å². The van der Waals surface area contributed by atoms with Gasteiger partial charge >= 0.3 is 0 Å². The Bertz CT molecular complexity index is 504. The van der Waals surface area contributed by atoms with E-state index in [-0.39, 0.29) is 0 Å². The lowest BCUT2D eigenvalue weighted by atomic mass is 9.98. The van der Waals surface area contributed by atoms with Gasteiger partial charge in [0.1, 0.15) is 0 Å². The highest BCUT2D eigenvalue weighted by Crippen LogP contribution is 2.30. The molecule has 2 aromatic rings. The molecule has 0 saturated carbocycles. The van der Waals surface area contributed by atoms with Gasteiger partial charge in [0.2, 0.25) is 0 Å². The van der Waals surface area contributed by atoms with E-state index in [0.717, 1.165) is 21.7 Å². The van der Waals surface area contributed by atoms with Gasteiger partial charge in [0.15, 0.2) is 0 Å². The Kier molecular flexibility index (Phi) is 3.52. The summed E-state index contributed by atoms with van der Waals surface area (Å²) in [6.45, 7) is 2.08. The molecule has 82 valence electrons. The molecule has 0 spiro atoms. The average molecular weight is 251 g/mol. The fourth-order valence-corrected chi connectivity index (χ4v) is 2.13. The lowest BCUT2D eigenvalue weighted by molar-refractivity contribution is 1.36. The Labute approximate surface area is 106 Å². The molecule has 0 nitrogen and oxygen atoms in total. The third kappa shape index (κ3) is 2.23. The smallest absolute Gasteiger partial charge is 0.0484 e. The molecule has 0 aliphatic carbocycles. The summed E-state index contributed by atoms with van der Waals surface area (Å²) in [4.78, 5) is 0. The van der Waals surface area contributed by atoms with Crippen LogP contribution < -0.4 is 0 Å². The second-order valence-electron chi connectivity index (χ2n) is 3.76. The van der Waals surface area contributed by atoms with Gasteiger partial charge < -0.3 is 0 Å². The number of alkyl halides is 1. The standard InChI is InChI=1S/C14H12Cl2/c1-10-6-7-11(9-15)8-13(10)12-4-2-3-5-14(12)16/h2-8H,9H2,1H3. The van der Waals surface area contributed by atoms with E-state index in [1.54, 1.807) is 0 Å². The molecule has 16 heavy (non-hydrogen) atoms. The molecule has 0 atom stereocenters. The van der Waals surface area contributed by atoms with Crippen molar-refractivity contribution in [2.75, 3.05) is 0 Å². The van der Waals surface area contributed by atoms with Gasteiger partial charge in [0, 0.05) is 16.5 Å². The van der Waals surface area contributed by atoms with E-state index >= 15 is 0 Å². The maximum atomic E-state index is 6.19. The van der Waals surface area contributed by atoms with E-state index < -0.39 is 0 Å². The Balaban J connectivity index is 2.59. The Morgan fingerprint density at radius 3 is 2.44 bits per heavy atom. The van der Waals surface area contributed by atoms with Crippen molar-refractivity contribution in [1.29, 1.82) is 0 Å². The summed E-state index contributed by atoms with van der Waals surface area (Å²) in [6, 6.07) is 14.1. The summed E-state index contributed by atoms with van der Waals surface area (Å²) >= 11 is 12.0. The monoisotopic (exact) mass is 250 g/mol. The fourth-order valence-electron chi connectivity index (χ4n) is 1.72. The van der Waals surface area contributed by atoms with Crippen LogP contribution in [0.15, 0.2) is 42.5 Å². The third-order valence-electron chi connectivity index (χ3n) is 2.62. The average Bonchev–Trinajstić information content (AvgIpc) is 2.31. The van der Waals surface area contributed by atoms with Crippen molar-refractivity contribution in [3.63, 3.8) is 0 Å². The van der Waals surface area contributed by atoms with Crippen molar-refractivity contribution in [3.05, 3.63) is 58.6 Å². The quantitative estimate of drug-likeness (QED) is 0.655. The highest BCUT2D eigenvalue weighted by Gasteiger charge is 2.06. The van der Waals surface area contributed by atoms with Crippen LogP contribution in [0.5, 0.6) is 0 Å². The minimum Gasteiger partial charge on any atom is -0.122 e. The van der Waals surface area contributed by atoms with Crippen LogP contribution in [0.3, 0.4) is 0 Å². The summed E-state index contributed by atoms with van der Waals surface area (Å²) in [6.07, 6.45) is 0. The first kappa shape index (κ1) is 11.5. The Hall–Kier alpha value is -0.980. The van der Waals surface area contributed by atoms with Crippen LogP contribution in [-0.4, -0.2) is 0 Å². The zero-order chi connectivity index (χ0) is 11.5. The molecule has 0 saturated heterocycles. The molecule has 0 aliphatic rings. The minimum atomic E-state index is 0.526. The van der Waals surface area contributed by atoms with E-state index in [2.05, 4.69) is 19.1 Å². The molecule has 0 heterocycles. The number of benzene rings is 2. The van der Waals surface area contributed by atoms with Crippen molar-refractivity contribution in [2.24, 2.45) is 0 Å². The lowest BCUT2D eigenvalue weighted by Crippen LogP contribution is -1.87. The first-order valence-corrected chi connectivity index (χ1v) is 6.04. The summed E-state index contributed by atoms with van der Waals surface area (Å²) in [5.41, 5.74) is 4.54. The van der Waals surface area contributed by atoms with Crippen molar-refractivity contribution < 1.29 is 0 Å². The van der Waals surface area contributed by atoms with Crippen LogP contribution in [0, 0.1) is 6.92 Å². The molecule has 2 heteroatoms. The van der Waals surface area contributed by atoms with Crippen LogP contribution in [0.4, 0.5) is 0 Å². The predicted molar refractivity (Wildman–Crippen MR) is 71.2 cm³/mol. The Morgan fingerprint density at radius 2 is 1.75 bits per heavy atom. The molecule has 0 amide bonds. The maximum Gasteiger partial charge on any atom is 0.0484 e. The van der Waals surface area contributed by atoms with E-state index in [9.17, 15) is 0 Å². The molecule has 0 unspecified atom stereocenters. The van der Waals surface area contributed by atoms with Gasteiger partial charge in [-0.15, -0.1) is 11.6 Å².